The average Bonchev–Trinajstić information content (AvgIpc) is 2.90. The summed E-state index contributed by atoms with van der Waals surface area (Å²) in [5, 5.41) is 18.4. The van der Waals surface area contributed by atoms with Gasteiger partial charge in [0.1, 0.15) is 5.75 Å². The number of hydrogen-bond acceptors (Lipinski definition) is 2. The van der Waals surface area contributed by atoms with Crippen LogP contribution >= 0.6 is 0 Å². The summed E-state index contributed by atoms with van der Waals surface area (Å²) in [6.45, 7) is 1.85. The van der Waals surface area contributed by atoms with Gasteiger partial charge < -0.3 is 5.11 Å². The van der Waals surface area contributed by atoms with Gasteiger partial charge in [0.05, 0.1) is 11.5 Å². The molecule has 0 unspecified atom stereocenters. The molecule has 13 heavy (non-hydrogen) atoms. The molecule has 1 aromatic carbocycles. The van der Waals surface area contributed by atoms with Crippen molar-refractivity contribution < 1.29 is 5.11 Å². The van der Waals surface area contributed by atoms with Crippen molar-refractivity contribution in [1.82, 2.24) is 0 Å². The van der Waals surface area contributed by atoms with E-state index < -0.39 is 0 Å². The summed E-state index contributed by atoms with van der Waals surface area (Å²) < 4.78 is 0. The molecule has 1 aliphatic carbocycles. The number of aromatic hydroxyl groups is 1. The fraction of sp³-hybridized carbons (Fsp3) is 0.364. The predicted octanol–water partition coefficient (Wildman–Crippen LogP) is 2.26. The lowest BCUT2D eigenvalue weighted by Crippen LogP contribution is -2.01. The van der Waals surface area contributed by atoms with Crippen LogP contribution in [0.3, 0.4) is 0 Å². The van der Waals surface area contributed by atoms with Gasteiger partial charge in [0.25, 0.3) is 0 Å². The first-order valence-corrected chi connectivity index (χ1v) is 4.39. The Kier molecular flexibility index (Phi) is 1.56. The van der Waals surface area contributed by atoms with E-state index in [4.69, 9.17) is 5.26 Å². The molecule has 1 aromatic rings. The monoisotopic (exact) mass is 173 g/mol. The van der Waals surface area contributed by atoms with Gasteiger partial charge in [-0.3, -0.25) is 0 Å². The van der Waals surface area contributed by atoms with Crippen molar-refractivity contribution in [2.24, 2.45) is 0 Å². The molecule has 2 rings (SSSR count). The van der Waals surface area contributed by atoms with Crippen LogP contribution in [0.4, 0.5) is 0 Å². The van der Waals surface area contributed by atoms with Gasteiger partial charge in [-0.1, -0.05) is 12.1 Å². The lowest BCUT2D eigenvalue weighted by Gasteiger charge is -2.07. The second kappa shape index (κ2) is 2.50. The Morgan fingerprint density at radius 3 is 2.62 bits per heavy atom. The highest BCUT2D eigenvalue weighted by molar-refractivity contribution is 5.45. The van der Waals surface area contributed by atoms with Crippen LogP contribution in [0.15, 0.2) is 18.2 Å². The minimum Gasteiger partial charge on any atom is -0.508 e. The summed E-state index contributed by atoms with van der Waals surface area (Å²) in [6.07, 6.45) is 1.85. The Labute approximate surface area is 77.4 Å². The van der Waals surface area contributed by atoms with Gasteiger partial charge in [-0.2, -0.15) is 5.26 Å². The maximum Gasteiger partial charge on any atom is 0.118 e. The van der Waals surface area contributed by atoms with E-state index in [2.05, 4.69) is 6.07 Å². The van der Waals surface area contributed by atoms with Crippen molar-refractivity contribution in [2.45, 2.75) is 25.2 Å². The molecular weight excluding hydrogens is 162 g/mol. The number of hydrogen-bond donors (Lipinski definition) is 1. The molecule has 0 amide bonds. The molecule has 0 aliphatic heterocycles. The van der Waals surface area contributed by atoms with Gasteiger partial charge in [0.2, 0.25) is 0 Å². The first-order chi connectivity index (χ1) is 6.18. The van der Waals surface area contributed by atoms with E-state index in [9.17, 15) is 5.11 Å². The molecule has 1 fully saturated rings. The summed E-state index contributed by atoms with van der Waals surface area (Å²) in [7, 11) is 0. The van der Waals surface area contributed by atoms with Crippen LogP contribution in [0.5, 0.6) is 5.75 Å². The van der Waals surface area contributed by atoms with E-state index in [1.54, 1.807) is 6.07 Å². The lowest BCUT2D eigenvalue weighted by atomic mass is 9.96. The van der Waals surface area contributed by atoms with E-state index in [0.29, 0.717) is 5.75 Å². The largest absolute Gasteiger partial charge is 0.508 e. The Bertz CT molecular complexity index is 386. The van der Waals surface area contributed by atoms with Gasteiger partial charge in [-0.25, -0.2) is 0 Å². The first-order valence-electron chi connectivity index (χ1n) is 4.39. The second-order valence-electron chi connectivity index (χ2n) is 3.70. The van der Waals surface area contributed by atoms with Crippen LogP contribution in [0.25, 0.3) is 0 Å². The topological polar surface area (TPSA) is 44.0 Å². The molecule has 66 valence electrons. The van der Waals surface area contributed by atoms with Gasteiger partial charge >= 0.3 is 0 Å². The van der Waals surface area contributed by atoms with Crippen molar-refractivity contribution in [1.29, 1.82) is 5.26 Å². The number of phenols is 1. The second-order valence-corrected chi connectivity index (χ2v) is 3.70. The highest BCUT2D eigenvalue weighted by Gasteiger charge is 2.44. The van der Waals surface area contributed by atoms with Crippen LogP contribution in [0.1, 0.15) is 24.0 Å². The molecule has 1 N–H and O–H groups in total. The summed E-state index contributed by atoms with van der Waals surface area (Å²) in [6, 6.07) is 7.82. The number of phenolic OH excluding ortho intramolecular Hbond substituents is 1. The molecule has 0 atom stereocenters. The number of nitriles is 1. The van der Waals surface area contributed by atoms with Crippen molar-refractivity contribution in [3.8, 4) is 11.8 Å². The molecule has 0 heterocycles. The number of benzene rings is 1. The average molecular weight is 173 g/mol. The van der Waals surface area contributed by atoms with Crippen molar-refractivity contribution in [3.05, 3.63) is 29.3 Å². The molecular formula is C11H11NO. The van der Waals surface area contributed by atoms with E-state index in [1.807, 2.05) is 19.1 Å². The van der Waals surface area contributed by atoms with Crippen molar-refractivity contribution >= 4 is 0 Å². The lowest BCUT2D eigenvalue weighted by molar-refractivity contribution is 0.470. The third-order valence-corrected chi connectivity index (χ3v) is 2.73. The fourth-order valence-corrected chi connectivity index (χ4v) is 1.50. The van der Waals surface area contributed by atoms with E-state index in [-0.39, 0.29) is 5.41 Å². The highest BCUT2D eigenvalue weighted by Crippen LogP contribution is 2.48. The minimum atomic E-state index is -0.287. The van der Waals surface area contributed by atoms with Gasteiger partial charge in [0, 0.05) is 0 Å². The highest BCUT2D eigenvalue weighted by atomic mass is 16.3. The maximum atomic E-state index is 9.48. The SMILES string of the molecule is Cc1ccc(C2(C#N)CC2)cc1O. The molecule has 2 nitrogen and oxygen atoms in total. The molecule has 0 bridgehead atoms. The summed E-state index contributed by atoms with van der Waals surface area (Å²) in [5.41, 5.74) is 1.53. The third-order valence-electron chi connectivity index (χ3n) is 2.73. The van der Waals surface area contributed by atoms with E-state index in [0.717, 1.165) is 24.0 Å². The smallest absolute Gasteiger partial charge is 0.118 e. The van der Waals surface area contributed by atoms with Crippen LogP contribution in [0.2, 0.25) is 0 Å². The van der Waals surface area contributed by atoms with E-state index in [1.165, 1.54) is 0 Å². The number of nitrogens with zero attached hydrogens (tertiary/aromatic N) is 1. The normalized spacial score (nSPS) is 17.8. The van der Waals surface area contributed by atoms with Gasteiger partial charge in [-0.05, 0) is 37.0 Å². The molecule has 0 radical (unpaired) electrons. The zero-order chi connectivity index (χ0) is 9.47. The summed E-state index contributed by atoms with van der Waals surface area (Å²) in [4.78, 5) is 0. The standard InChI is InChI=1S/C11H11NO/c1-8-2-3-9(6-10(8)13)11(7-12)4-5-11/h2-3,6,13H,4-5H2,1H3. The van der Waals surface area contributed by atoms with Gasteiger partial charge in [0.15, 0.2) is 0 Å². The number of aryl methyl sites for hydroxylation is 1. The zero-order valence-corrected chi connectivity index (χ0v) is 7.54. The first kappa shape index (κ1) is 8.12. The van der Waals surface area contributed by atoms with Crippen molar-refractivity contribution in [2.75, 3.05) is 0 Å². The molecule has 0 spiro atoms. The van der Waals surface area contributed by atoms with Gasteiger partial charge in [-0.15, -0.1) is 0 Å². The Morgan fingerprint density at radius 2 is 2.15 bits per heavy atom. The quantitative estimate of drug-likeness (QED) is 0.707. The van der Waals surface area contributed by atoms with Crippen LogP contribution in [-0.2, 0) is 5.41 Å². The zero-order valence-electron chi connectivity index (χ0n) is 7.54. The molecule has 1 saturated carbocycles. The number of rotatable bonds is 1. The predicted molar refractivity (Wildman–Crippen MR) is 49.4 cm³/mol. The summed E-state index contributed by atoms with van der Waals surface area (Å²) >= 11 is 0. The molecule has 1 aliphatic rings. The Hall–Kier alpha value is -1.49. The van der Waals surface area contributed by atoms with Crippen LogP contribution in [-0.4, -0.2) is 5.11 Å². The van der Waals surface area contributed by atoms with Crippen LogP contribution < -0.4 is 0 Å². The Balaban J connectivity index is 2.44. The molecule has 0 saturated heterocycles. The minimum absolute atomic E-state index is 0.287. The third kappa shape index (κ3) is 1.17. The maximum absolute atomic E-state index is 9.48. The Morgan fingerprint density at radius 1 is 1.46 bits per heavy atom. The van der Waals surface area contributed by atoms with E-state index >= 15 is 0 Å². The van der Waals surface area contributed by atoms with Crippen molar-refractivity contribution in [3.63, 3.8) is 0 Å². The summed E-state index contributed by atoms with van der Waals surface area (Å²) in [5.74, 6) is 0.291. The van der Waals surface area contributed by atoms with Crippen LogP contribution in [0, 0.1) is 18.3 Å². The molecule has 0 aromatic heterocycles. The molecule has 2 heteroatoms. The fourth-order valence-electron chi connectivity index (χ4n) is 1.50.